The van der Waals surface area contributed by atoms with Crippen molar-refractivity contribution in [1.29, 1.82) is 0 Å². The molecule has 4 aromatic rings. The quantitative estimate of drug-likeness (QED) is 0.369. The van der Waals surface area contributed by atoms with Gasteiger partial charge in [0.05, 0.1) is 29.3 Å². The van der Waals surface area contributed by atoms with E-state index in [2.05, 4.69) is 4.98 Å². The Morgan fingerprint density at radius 2 is 1.69 bits per heavy atom. The van der Waals surface area contributed by atoms with Crippen molar-refractivity contribution < 1.29 is 9.53 Å². The summed E-state index contributed by atoms with van der Waals surface area (Å²) in [5.74, 6) is 0.710. The number of anilines is 1. The lowest BCUT2D eigenvalue weighted by molar-refractivity contribution is -0.119. The Balaban J connectivity index is 1.55. The molecule has 146 valence electrons. The highest BCUT2D eigenvalue weighted by molar-refractivity contribution is 7.22. The molecule has 0 spiro atoms. The molecule has 0 aliphatic rings. The van der Waals surface area contributed by atoms with E-state index in [9.17, 15) is 4.79 Å². The van der Waals surface area contributed by atoms with Crippen molar-refractivity contribution in [3.8, 4) is 5.75 Å². The first-order chi connectivity index (χ1) is 14.2. The van der Waals surface area contributed by atoms with Gasteiger partial charge >= 0.3 is 0 Å². The van der Waals surface area contributed by atoms with Crippen LogP contribution in [0.5, 0.6) is 5.75 Å². The Bertz CT molecular complexity index is 1100. The van der Waals surface area contributed by atoms with Gasteiger partial charge in [-0.05, 0) is 29.8 Å². The number of fused-ring (bicyclic) bond motifs is 1. The second-order valence-corrected chi connectivity index (χ2v) is 7.88. The van der Waals surface area contributed by atoms with E-state index in [1.54, 1.807) is 4.90 Å². The lowest BCUT2D eigenvalue weighted by atomic mass is 10.2. The van der Waals surface area contributed by atoms with Gasteiger partial charge in [-0.2, -0.15) is 0 Å². The maximum Gasteiger partial charge on any atom is 0.232 e. The Morgan fingerprint density at radius 3 is 2.41 bits per heavy atom. The second kappa shape index (κ2) is 9.07. The van der Waals surface area contributed by atoms with Gasteiger partial charge in [0.25, 0.3) is 0 Å². The number of para-hydroxylation sites is 2. The van der Waals surface area contributed by atoms with Crippen LogP contribution in [0.1, 0.15) is 12.0 Å². The zero-order chi connectivity index (χ0) is 20.1. The van der Waals surface area contributed by atoms with E-state index < -0.39 is 0 Å². The van der Waals surface area contributed by atoms with Gasteiger partial charge in [-0.25, -0.2) is 4.98 Å². The minimum absolute atomic E-state index is 0.0417. The summed E-state index contributed by atoms with van der Waals surface area (Å²) in [6.45, 7) is 0.752. The molecule has 0 saturated heterocycles. The van der Waals surface area contributed by atoms with E-state index in [1.807, 2.05) is 78.9 Å². The Kier molecular flexibility index (Phi) is 6.08. The first-order valence-corrected chi connectivity index (χ1v) is 10.5. The summed E-state index contributed by atoms with van der Waals surface area (Å²) in [4.78, 5) is 19.4. The SMILES string of the molecule is O=C(CCOc1ccccc1)N(Cc1ccccc1)c1nc2c(Cl)cccc2s1. The maximum absolute atomic E-state index is 13.1. The molecule has 1 amide bonds. The molecule has 0 bridgehead atoms. The van der Waals surface area contributed by atoms with Crippen molar-refractivity contribution in [3.05, 3.63) is 89.4 Å². The number of halogens is 1. The van der Waals surface area contributed by atoms with Crippen molar-refractivity contribution in [3.63, 3.8) is 0 Å². The number of nitrogens with zero attached hydrogens (tertiary/aromatic N) is 2. The average molecular weight is 423 g/mol. The molecule has 0 aliphatic carbocycles. The minimum Gasteiger partial charge on any atom is -0.493 e. The predicted molar refractivity (Wildman–Crippen MR) is 119 cm³/mol. The first-order valence-electron chi connectivity index (χ1n) is 9.28. The molecule has 3 aromatic carbocycles. The number of amides is 1. The second-order valence-electron chi connectivity index (χ2n) is 6.46. The molecule has 0 fully saturated rings. The molecule has 0 radical (unpaired) electrons. The van der Waals surface area contributed by atoms with Crippen molar-refractivity contribution in [1.82, 2.24) is 4.98 Å². The third-order valence-electron chi connectivity index (χ3n) is 4.40. The highest BCUT2D eigenvalue weighted by atomic mass is 35.5. The Labute approximate surface area is 178 Å². The smallest absolute Gasteiger partial charge is 0.232 e. The van der Waals surface area contributed by atoms with Crippen molar-refractivity contribution in [2.75, 3.05) is 11.5 Å². The summed E-state index contributed by atoms with van der Waals surface area (Å²) in [6.07, 6.45) is 0.255. The van der Waals surface area contributed by atoms with E-state index in [4.69, 9.17) is 16.3 Å². The van der Waals surface area contributed by atoms with Crippen LogP contribution in [0.4, 0.5) is 5.13 Å². The molecule has 0 aliphatic heterocycles. The summed E-state index contributed by atoms with van der Waals surface area (Å²) >= 11 is 7.75. The fourth-order valence-corrected chi connectivity index (χ4v) is 4.24. The highest BCUT2D eigenvalue weighted by Gasteiger charge is 2.21. The molecular formula is C23H19ClN2O2S. The molecule has 4 nitrogen and oxygen atoms in total. The van der Waals surface area contributed by atoms with Crippen LogP contribution in [0.15, 0.2) is 78.9 Å². The molecule has 0 N–H and O–H groups in total. The molecular weight excluding hydrogens is 404 g/mol. The van der Waals surface area contributed by atoms with Gasteiger partial charge in [0.15, 0.2) is 5.13 Å². The van der Waals surface area contributed by atoms with E-state index in [0.717, 1.165) is 21.5 Å². The summed E-state index contributed by atoms with van der Waals surface area (Å²) < 4.78 is 6.66. The lowest BCUT2D eigenvalue weighted by Gasteiger charge is -2.20. The molecule has 1 aromatic heterocycles. The third kappa shape index (κ3) is 4.75. The van der Waals surface area contributed by atoms with E-state index in [0.29, 0.717) is 23.3 Å². The topological polar surface area (TPSA) is 42.4 Å². The highest BCUT2D eigenvalue weighted by Crippen LogP contribution is 2.33. The van der Waals surface area contributed by atoms with Crippen LogP contribution in [0.2, 0.25) is 5.02 Å². The van der Waals surface area contributed by atoms with Crippen LogP contribution >= 0.6 is 22.9 Å². The number of benzene rings is 3. The summed E-state index contributed by atoms with van der Waals surface area (Å²) in [6, 6.07) is 25.1. The van der Waals surface area contributed by atoms with Crippen molar-refractivity contribution in [2.24, 2.45) is 0 Å². The molecule has 1 heterocycles. The maximum atomic E-state index is 13.1. The zero-order valence-electron chi connectivity index (χ0n) is 15.6. The van der Waals surface area contributed by atoms with Gasteiger partial charge in [0, 0.05) is 0 Å². The van der Waals surface area contributed by atoms with Gasteiger partial charge in [-0.1, -0.05) is 77.5 Å². The average Bonchev–Trinajstić information content (AvgIpc) is 3.19. The molecule has 0 unspecified atom stereocenters. The number of carbonyl (C=O) groups excluding carboxylic acids is 1. The van der Waals surface area contributed by atoms with Crippen molar-refractivity contribution in [2.45, 2.75) is 13.0 Å². The predicted octanol–water partition coefficient (Wildman–Crippen LogP) is 5.95. The number of hydrogen-bond acceptors (Lipinski definition) is 4. The summed E-state index contributed by atoms with van der Waals surface area (Å²) in [5.41, 5.74) is 1.76. The van der Waals surface area contributed by atoms with Gasteiger partial charge in [-0.15, -0.1) is 0 Å². The number of hydrogen-bond donors (Lipinski definition) is 0. The van der Waals surface area contributed by atoms with Crippen LogP contribution in [-0.4, -0.2) is 17.5 Å². The summed E-state index contributed by atoms with van der Waals surface area (Å²) in [5, 5.41) is 1.23. The molecule has 0 atom stereocenters. The molecule has 29 heavy (non-hydrogen) atoms. The largest absolute Gasteiger partial charge is 0.493 e. The third-order valence-corrected chi connectivity index (χ3v) is 5.75. The number of carbonyl (C=O) groups is 1. The molecule has 6 heteroatoms. The van der Waals surface area contributed by atoms with Gasteiger partial charge in [-0.3, -0.25) is 9.69 Å². The van der Waals surface area contributed by atoms with Gasteiger partial charge < -0.3 is 4.74 Å². The molecule has 0 saturated carbocycles. The van der Waals surface area contributed by atoms with Crippen molar-refractivity contribution >= 4 is 44.2 Å². The number of aromatic nitrogens is 1. The van der Waals surface area contributed by atoms with Gasteiger partial charge in [0.2, 0.25) is 5.91 Å². The number of rotatable bonds is 7. The minimum atomic E-state index is -0.0417. The van der Waals surface area contributed by atoms with Crippen LogP contribution < -0.4 is 9.64 Å². The first kappa shape index (κ1) is 19.4. The van der Waals surface area contributed by atoms with Crippen LogP contribution in [0, 0.1) is 0 Å². The fourth-order valence-electron chi connectivity index (χ4n) is 2.96. The Hall–Kier alpha value is -2.89. The normalized spacial score (nSPS) is 10.8. The van der Waals surface area contributed by atoms with Crippen LogP contribution in [0.25, 0.3) is 10.2 Å². The monoisotopic (exact) mass is 422 g/mol. The van der Waals surface area contributed by atoms with Gasteiger partial charge in [0.1, 0.15) is 11.3 Å². The molecule has 4 rings (SSSR count). The van der Waals surface area contributed by atoms with Crippen LogP contribution in [-0.2, 0) is 11.3 Å². The van der Waals surface area contributed by atoms with E-state index in [-0.39, 0.29) is 12.3 Å². The number of ether oxygens (including phenoxy) is 1. The van der Waals surface area contributed by atoms with E-state index in [1.165, 1.54) is 11.3 Å². The number of thiazole rings is 1. The standard InChI is InChI=1S/C23H19ClN2O2S/c24-19-12-7-13-20-22(19)25-23(29-20)26(16-17-8-3-1-4-9-17)21(27)14-15-28-18-10-5-2-6-11-18/h1-13H,14-16H2. The van der Waals surface area contributed by atoms with Crippen LogP contribution in [0.3, 0.4) is 0 Å². The summed E-state index contributed by atoms with van der Waals surface area (Å²) in [7, 11) is 0. The lowest BCUT2D eigenvalue weighted by Crippen LogP contribution is -2.31. The Morgan fingerprint density at radius 1 is 0.966 bits per heavy atom. The van der Waals surface area contributed by atoms with E-state index >= 15 is 0 Å². The zero-order valence-corrected chi connectivity index (χ0v) is 17.2. The fraction of sp³-hybridized carbons (Fsp3) is 0.130.